The Kier molecular flexibility index (Phi) is 9.64. The van der Waals surface area contributed by atoms with Gasteiger partial charge in [0.15, 0.2) is 0 Å². The molecule has 1 aliphatic heterocycles. The van der Waals surface area contributed by atoms with Gasteiger partial charge >= 0.3 is 13.1 Å². The summed E-state index contributed by atoms with van der Waals surface area (Å²) in [6, 6.07) is 3.65. The fraction of sp³-hybridized carbons (Fsp3) is 0.650. The Hall–Kier alpha value is -1.59. The maximum Gasteiger partial charge on any atom is 0.451 e. The molecule has 0 spiro atoms. The van der Waals surface area contributed by atoms with Gasteiger partial charge in [0.1, 0.15) is 17.2 Å². The lowest BCUT2D eigenvalue weighted by Crippen LogP contribution is -2.49. The van der Waals surface area contributed by atoms with Gasteiger partial charge in [0.25, 0.3) is 0 Å². The fourth-order valence-electron chi connectivity index (χ4n) is 3.79. The van der Waals surface area contributed by atoms with E-state index in [0.29, 0.717) is 44.2 Å². The standard InChI is InChI=1S/C20H32BF2N3O4/c22-17-5-4-16(18(23)14-17)15-26-12-10-25(11-13-26)9-3-7-20(24,19(27)28)6-1-2-8-21(29)30/h4-5,14,29-30H,1-3,6-13,15,24H2,(H,27,28). The van der Waals surface area contributed by atoms with Gasteiger partial charge in [-0.3, -0.25) is 9.69 Å². The number of carboxylic acids is 1. The molecule has 10 heteroatoms. The molecule has 0 bridgehead atoms. The summed E-state index contributed by atoms with van der Waals surface area (Å²) in [7, 11) is -1.37. The number of unbranched alkanes of at least 4 members (excludes halogenated alkanes) is 1. The van der Waals surface area contributed by atoms with Crippen molar-refractivity contribution in [1.29, 1.82) is 0 Å². The highest BCUT2D eigenvalue weighted by Crippen LogP contribution is 2.20. The molecular weight excluding hydrogens is 395 g/mol. The van der Waals surface area contributed by atoms with Gasteiger partial charge < -0.3 is 25.8 Å². The predicted molar refractivity (Wildman–Crippen MR) is 111 cm³/mol. The molecule has 1 saturated heterocycles. The third kappa shape index (κ3) is 7.92. The number of rotatable bonds is 12. The van der Waals surface area contributed by atoms with Crippen molar-refractivity contribution in [1.82, 2.24) is 9.80 Å². The first-order valence-corrected chi connectivity index (χ1v) is 10.5. The highest BCUT2D eigenvalue weighted by molar-refractivity contribution is 6.40. The molecular formula is C20H32BF2N3O4. The number of halogens is 2. The molecule has 0 radical (unpaired) electrons. The summed E-state index contributed by atoms with van der Waals surface area (Å²) in [5, 5.41) is 27.2. The number of nitrogens with zero attached hydrogens (tertiary/aromatic N) is 2. The van der Waals surface area contributed by atoms with Crippen LogP contribution in [0.15, 0.2) is 18.2 Å². The number of nitrogens with two attached hydrogens (primary N) is 1. The van der Waals surface area contributed by atoms with Gasteiger partial charge in [-0.1, -0.05) is 18.9 Å². The summed E-state index contributed by atoms with van der Waals surface area (Å²) in [6.45, 7) is 4.28. The number of carboxylic acid groups (broad SMARTS) is 1. The number of carbonyl (C=O) groups is 1. The molecule has 1 unspecified atom stereocenters. The van der Waals surface area contributed by atoms with E-state index in [2.05, 4.69) is 9.80 Å². The summed E-state index contributed by atoms with van der Waals surface area (Å²) in [5.74, 6) is -2.14. The minimum atomic E-state index is -1.37. The van der Waals surface area contributed by atoms with E-state index in [4.69, 9.17) is 15.8 Å². The van der Waals surface area contributed by atoms with Gasteiger partial charge in [-0.05, 0) is 38.2 Å². The molecule has 7 nitrogen and oxygen atoms in total. The average Bonchev–Trinajstić information content (AvgIpc) is 2.68. The van der Waals surface area contributed by atoms with Crippen LogP contribution in [0.25, 0.3) is 0 Å². The second-order valence-corrected chi connectivity index (χ2v) is 8.14. The number of hydrogen-bond acceptors (Lipinski definition) is 6. The van der Waals surface area contributed by atoms with E-state index in [1.54, 1.807) is 0 Å². The smallest absolute Gasteiger partial charge is 0.451 e. The summed E-state index contributed by atoms with van der Waals surface area (Å²) < 4.78 is 26.8. The molecule has 5 N–H and O–H groups in total. The molecule has 0 saturated carbocycles. The molecule has 168 valence electrons. The Morgan fingerprint density at radius 2 is 1.70 bits per heavy atom. The van der Waals surface area contributed by atoms with Gasteiger partial charge in [0.05, 0.1) is 0 Å². The first-order chi connectivity index (χ1) is 14.2. The normalized spacial score (nSPS) is 17.6. The SMILES string of the molecule is NC(CCCCB(O)O)(CCCN1CCN(Cc2ccc(F)cc2F)CC1)C(=O)O. The van der Waals surface area contributed by atoms with E-state index < -0.39 is 30.3 Å². The molecule has 1 heterocycles. The van der Waals surface area contributed by atoms with E-state index in [-0.39, 0.29) is 6.32 Å². The first-order valence-electron chi connectivity index (χ1n) is 10.5. The summed E-state index contributed by atoms with van der Waals surface area (Å²) >= 11 is 0. The fourth-order valence-corrected chi connectivity index (χ4v) is 3.79. The Labute approximate surface area is 176 Å². The Morgan fingerprint density at radius 1 is 1.07 bits per heavy atom. The molecule has 1 aliphatic rings. The largest absolute Gasteiger partial charge is 0.480 e. The van der Waals surface area contributed by atoms with Crippen molar-refractivity contribution in [2.45, 2.75) is 50.5 Å². The van der Waals surface area contributed by atoms with Crippen molar-refractivity contribution in [3.05, 3.63) is 35.4 Å². The van der Waals surface area contributed by atoms with Crippen molar-refractivity contribution in [2.24, 2.45) is 5.73 Å². The van der Waals surface area contributed by atoms with Gasteiger partial charge in [0.2, 0.25) is 0 Å². The molecule has 0 aromatic heterocycles. The molecule has 1 atom stereocenters. The second kappa shape index (κ2) is 11.7. The lowest BCUT2D eigenvalue weighted by Gasteiger charge is -2.35. The number of hydrogen-bond donors (Lipinski definition) is 4. The quantitative estimate of drug-likeness (QED) is 0.294. The van der Waals surface area contributed by atoms with E-state index in [1.807, 2.05) is 0 Å². The minimum absolute atomic E-state index is 0.210. The molecule has 0 amide bonds. The van der Waals surface area contributed by atoms with Crippen molar-refractivity contribution >= 4 is 13.1 Å². The van der Waals surface area contributed by atoms with E-state index in [1.165, 1.54) is 12.1 Å². The average molecular weight is 427 g/mol. The molecule has 0 aliphatic carbocycles. The van der Waals surface area contributed by atoms with E-state index in [0.717, 1.165) is 38.8 Å². The highest BCUT2D eigenvalue weighted by Gasteiger charge is 2.33. The van der Waals surface area contributed by atoms with Crippen molar-refractivity contribution in [3.63, 3.8) is 0 Å². The molecule has 30 heavy (non-hydrogen) atoms. The summed E-state index contributed by atoms with van der Waals surface area (Å²) in [5.41, 5.74) is 5.27. The van der Waals surface area contributed by atoms with Crippen LogP contribution >= 0.6 is 0 Å². The predicted octanol–water partition coefficient (Wildman–Crippen LogP) is 1.29. The number of benzene rings is 1. The number of piperazine rings is 1. The van der Waals surface area contributed by atoms with Crippen molar-refractivity contribution in [3.8, 4) is 0 Å². The van der Waals surface area contributed by atoms with Crippen LogP contribution in [0.2, 0.25) is 6.32 Å². The first kappa shape index (κ1) is 24.7. The zero-order chi connectivity index (χ0) is 22.1. The lowest BCUT2D eigenvalue weighted by atomic mass is 9.81. The van der Waals surface area contributed by atoms with Crippen LogP contribution in [0, 0.1) is 11.6 Å². The van der Waals surface area contributed by atoms with Gasteiger partial charge in [0, 0.05) is 44.4 Å². The van der Waals surface area contributed by atoms with Crippen LogP contribution in [-0.4, -0.2) is 76.3 Å². The van der Waals surface area contributed by atoms with Crippen molar-refractivity contribution < 1.29 is 28.7 Å². The molecule has 1 fully saturated rings. The Morgan fingerprint density at radius 3 is 2.30 bits per heavy atom. The third-order valence-corrected chi connectivity index (χ3v) is 5.73. The van der Waals surface area contributed by atoms with Crippen LogP contribution in [0.1, 0.15) is 37.7 Å². The maximum absolute atomic E-state index is 13.8. The third-order valence-electron chi connectivity index (χ3n) is 5.73. The topological polar surface area (TPSA) is 110 Å². The molecule has 2 rings (SSSR count). The second-order valence-electron chi connectivity index (χ2n) is 8.14. The Balaban J connectivity index is 1.70. The van der Waals surface area contributed by atoms with Crippen LogP contribution < -0.4 is 5.73 Å². The lowest BCUT2D eigenvalue weighted by molar-refractivity contribution is -0.144. The van der Waals surface area contributed by atoms with Crippen LogP contribution in [-0.2, 0) is 11.3 Å². The summed E-state index contributed by atoms with van der Waals surface area (Å²) in [4.78, 5) is 16.0. The molecule has 1 aromatic carbocycles. The summed E-state index contributed by atoms with van der Waals surface area (Å²) in [6.07, 6.45) is 2.55. The van der Waals surface area contributed by atoms with Gasteiger partial charge in [-0.25, -0.2) is 8.78 Å². The maximum atomic E-state index is 13.8. The monoisotopic (exact) mass is 427 g/mol. The van der Waals surface area contributed by atoms with E-state index >= 15 is 0 Å². The van der Waals surface area contributed by atoms with Gasteiger partial charge in [-0.2, -0.15) is 0 Å². The van der Waals surface area contributed by atoms with Crippen LogP contribution in [0.3, 0.4) is 0 Å². The Bertz CT molecular complexity index is 690. The van der Waals surface area contributed by atoms with E-state index in [9.17, 15) is 18.7 Å². The van der Waals surface area contributed by atoms with Crippen LogP contribution in [0.5, 0.6) is 0 Å². The zero-order valence-corrected chi connectivity index (χ0v) is 17.3. The highest BCUT2D eigenvalue weighted by atomic mass is 19.1. The zero-order valence-electron chi connectivity index (χ0n) is 17.3. The minimum Gasteiger partial charge on any atom is -0.480 e. The molecule has 1 aromatic rings. The number of aliphatic carboxylic acids is 1. The van der Waals surface area contributed by atoms with Gasteiger partial charge in [-0.15, -0.1) is 0 Å². The van der Waals surface area contributed by atoms with Crippen LogP contribution in [0.4, 0.5) is 8.78 Å². The van der Waals surface area contributed by atoms with Crippen molar-refractivity contribution in [2.75, 3.05) is 32.7 Å².